The minimum atomic E-state index is -0.428. The second-order valence-electron chi connectivity index (χ2n) is 7.39. The highest BCUT2D eigenvalue weighted by Gasteiger charge is 2.52. The van der Waals surface area contributed by atoms with Crippen LogP contribution in [0.1, 0.15) is 24.8 Å². The van der Waals surface area contributed by atoms with Crippen LogP contribution in [0.15, 0.2) is 43.0 Å². The summed E-state index contributed by atoms with van der Waals surface area (Å²) in [4.78, 5) is 26.1. The second-order valence-corrected chi connectivity index (χ2v) is 7.39. The third kappa shape index (κ3) is 2.29. The van der Waals surface area contributed by atoms with E-state index in [1.807, 2.05) is 23.1 Å². The van der Waals surface area contributed by atoms with Crippen LogP contribution in [0.4, 0.5) is 11.4 Å². The number of benzene rings is 1. The molecule has 6 nitrogen and oxygen atoms in total. The van der Waals surface area contributed by atoms with Crippen molar-refractivity contribution in [2.75, 3.05) is 31.2 Å². The Bertz CT molecular complexity index is 812. The van der Waals surface area contributed by atoms with E-state index in [1.165, 1.54) is 6.33 Å². The van der Waals surface area contributed by atoms with Gasteiger partial charge in [-0.2, -0.15) is 0 Å². The summed E-state index contributed by atoms with van der Waals surface area (Å²) in [5, 5.41) is 0. The molecular weight excluding hydrogens is 328 g/mol. The van der Waals surface area contributed by atoms with Crippen LogP contribution in [0, 0.1) is 0 Å². The van der Waals surface area contributed by atoms with Gasteiger partial charge in [0.05, 0.1) is 35.8 Å². The first-order valence-electron chi connectivity index (χ1n) is 9.30. The van der Waals surface area contributed by atoms with Crippen molar-refractivity contribution in [3.8, 4) is 0 Å². The van der Waals surface area contributed by atoms with E-state index in [4.69, 9.17) is 4.74 Å². The van der Waals surface area contributed by atoms with Gasteiger partial charge in [-0.05, 0) is 44.0 Å². The van der Waals surface area contributed by atoms with Gasteiger partial charge in [-0.15, -0.1) is 0 Å². The van der Waals surface area contributed by atoms with Crippen LogP contribution < -0.4 is 4.90 Å². The number of carbonyl (C=O) groups is 1. The average molecular weight is 350 g/mol. The predicted molar refractivity (Wildman–Crippen MR) is 97.3 cm³/mol. The van der Waals surface area contributed by atoms with E-state index >= 15 is 0 Å². The van der Waals surface area contributed by atoms with E-state index < -0.39 is 5.41 Å². The molecule has 0 aliphatic carbocycles. The summed E-state index contributed by atoms with van der Waals surface area (Å²) in [7, 11) is 0. The second kappa shape index (κ2) is 6.14. The third-order valence-electron chi connectivity index (χ3n) is 6.15. The number of anilines is 2. The van der Waals surface area contributed by atoms with Gasteiger partial charge in [-0.1, -0.05) is 18.2 Å². The number of hydrogen-bond donors (Lipinski definition) is 0. The molecule has 4 heterocycles. The van der Waals surface area contributed by atoms with Gasteiger partial charge in [0.1, 0.15) is 6.33 Å². The Morgan fingerprint density at radius 1 is 1.12 bits per heavy atom. The Labute approximate surface area is 152 Å². The van der Waals surface area contributed by atoms with E-state index in [1.54, 1.807) is 12.4 Å². The van der Waals surface area contributed by atoms with Crippen molar-refractivity contribution >= 4 is 17.3 Å². The number of nitrogens with zero attached hydrogens (tertiary/aromatic N) is 4. The zero-order chi connectivity index (χ0) is 17.6. The molecule has 1 atom stereocenters. The smallest absolute Gasteiger partial charge is 0.242 e. The third-order valence-corrected chi connectivity index (χ3v) is 6.15. The Morgan fingerprint density at radius 2 is 1.88 bits per heavy atom. The number of ether oxygens (including phenoxy) is 1. The fourth-order valence-corrected chi connectivity index (χ4v) is 4.74. The molecule has 26 heavy (non-hydrogen) atoms. The van der Waals surface area contributed by atoms with Gasteiger partial charge in [0.25, 0.3) is 0 Å². The number of amides is 1. The maximum atomic E-state index is 13.6. The molecule has 1 amide bonds. The molecule has 1 aromatic carbocycles. The molecule has 0 radical (unpaired) electrons. The predicted octanol–water partition coefficient (Wildman–Crippen LogP) is 2.28. The molecular formula is C20H22N4O2. The van der Waals surface area contributed by atoms with Crippen LogP contribution in [0.25, 0.3) is 0 Å². The number of aromatic nitrogens is 2. The monoisotopic (exact) mass is 350 g/mol. The minimum Gasteiger partial charge on any atom is -0.380 e. The van der Waals surface area contributed by atoms with Gasteiger partial charge in [0.15, 0.2) is 0 Å². The van der Waals surface area contributed by atoms with Crippen molar-refractivity contribution in [3.05, 3.63) is 48.5 Å². The van der Waals surface area contributed by atoms with Crippen LogP contribution in [0.5, 0.6) is 0 Å². The molecule has 1 unspecified atom stereocenters. The van der Waals surface area contributed by atoms with Crippen molar-refractivity contribution < 1.29 is 9.53 Å². The lowest BCUT2D eigenvalue weighted by molar-refractivity contribution is -0.124. The Hall–Kier alpha value is -2.31. The average Bonchev–Trinajstić information content (AvgIpc) is 3.31. The lowest BCUT2D eigenvalue weighted by Crippen LogP contribution is -2.50. The minimum absolute atomic E-state index is 0.163. The van der Waals surface area contributed by atoms with E-state index in [9.17, 15) is 4.79 Å². The number of fused-ring (bicyclic) bond motifs is 2. The number of piperidine rings is 1. The lowest BCUT2D eigenvalue weighted by atomic mass is 9.73. The standard InChI is InChI=1S/C20H22N4O2/c25-19-20(6-8-23(9-7-20)15-5-10-26-13-15)17-3-1-2-4-18(17)24(19)16-11-21-14-22-12-16/h1-4,11-12,14-15H,5-10,13H2. The van der Waals surface area contributed by atoms with E-state index in [-0.39, 0.29) is 5.91 Å². The maximum absolute atomic E-state index is 13.6. The van der Waals surface area contributed by atoms with Gasteiger partial charge in [0, 0.05) is 12.6 Å². The van der Waals surface area contributed by atoms with Crippen LogP contribution in [-0.2, 0) is 14.9 Å². The first kappa shape index (κ1) is 15.9. The molecule has 2 fully saturated rings. The van der Waals surface area contributed by atoms with Gasteiger partial charge >= 0.3 is 0 Å². The molecule has 6 heteroatoms. The zero-order valence-corrected chi connectivity index (χ0v) is 14.7. The molecule has 1 aromatic heterocycles. The normalized spacial score (nSPS) is 25.0. The SMILES string of the molecule is O=C1N(c2cncnc2)c2ccccc2C12CCN(C1CCOC1)CC2. The van der Waals surface area contributed by atoms with Gasteiger partial charge in [0.2, 0.25) is 5.91 Å². The topological polar surface area (TPSA) is 58.6 Å². The zero-order valence-electron chi connectivity index (χ0n) is 14.7. The molecule has 2 saturated heterocycles. The fraction of sp³-hybridized carbons (Fsp3) is 0.450. The van der Waals surface area contributed by atoms with Crippen LogP contribution in [0.3, 0.4) is 0 Å². The van der Waals surface area contributed by atoms with Gasteiger partial charge in [-0.25, -0.2) is 9.97 Å². The number of para-hydroxylation sites is 1. The summed E-state index contributed by atoms with van der Waals surface area (Å²) in [6.07, 6.45) is 7.73. The number of rotatable bonds is 2. The molecule has 1 spiro atoms. The quantitative estimate of drug-likeness (QED) is 0.832. The summed E-state index contributed by atoms with van der Waals surface area (Å²) < 4.78 is 5.55. The summed E-state index contributed by atoms with van der Waals surface area (Å²) >= 11 is 0. The first-order chi connectivity index (χ1) is 12.8. The molecule has 3 aliphatic heterocycles. The molecule has 134 valence electrons. The summed E-state index contributed by atoms with van der Waals surface area (Å²) in [6, 6.07) is 8.69. The largest absolute Gasteiger partial charge is 0.380 e. The summed E-state index contributed by atoms with van der Waals surface area (Å²) in [6.45, 7) is 3.56. The Balaban J connectivity index is 1.49. The highest BCUT2D eigenvalue weighted by molar-refractivity contribution is 6.12. The fourth-order valence-electron chi connectivity index (χ4n) is 4.74. The van der Waals surface area contributed by atoms with E-state index in [2.05, 4.69) is 20.9 Å². The van der Waals surface area contributed by atoms with Gasteiger partial charge < -0.3 is 4.74 Å². The molecule has 2 aromatic rings. The molecule has 3 aliphatic rings. The first-order valence-corrected chi connectivity index (χ1v) is 9.30. The van der Waals surface area contributed by atoms with Crippen molar-refractivity contribution in [3.63, 3.8) is 0 Å². The van der Waals surface area contributed by atoms with Gasteiger partial charge in [-0.3, -0.25) is 14.6 Å². The van der Waals surface area contributed by atoms with Crippen molar-refractivity contribution in [2.24, 2.45) is 0 Å². The highest BCUT2D eigenvalue weighted by Crippen LogP contribution is 2.50. The highest BCUT2D eigenvalue weighted by atomic mass is 16.5. The molecule has 0 saturated carbocycles. The summed E-state index contributed by atoms with van der Waals surface area (Å²) in [5.41, 5.74) is 2.44. The van der Waals surface area contributed by atoms with Crippen molar-refractivity contribution in [1.29, 1.82) is 0 Å². The molecule has 5 rings (SSSR count). The lowest BCUT2D eigenvalue weighted by Gasteiger charge is -2.40. The van der Waals surface area contributed by atoms with Crippen LogP contribution >= 0.6 is 0 Å². The van der Waals surface area contributed by atoms with E-state index in [0.717, 1.165) is 62.5 Å². The maximum Gasteiger partial charge on any atom is 0.242 e. The Morgan fingerprint density at radius 3 is 2.62 bits per heavy atom. The summed E-state index contributed by atoms with van der Waals surface area (Å²) in [5.74, 6) is 0.163. The van der Waals surface area contributed by atoms with Crippen LogP contribution in [0.2, 0.25) is 0 Å². The number of carbonyl (C=O) groups excluding carboxylic acids is 1. The Kier molecular flexibility index (Phi) is 3.76. The van der Waals surface area contributed by atoms with E-state index in [0.29, 0.717) is 6.04 Å². The van der Waals surface area contributed by atoms with Crippen molar-refractivity contribution in [1.82, 2.24) is 14.9 Å². The van der Waals surface area contributed by atoms with Crippen LogP contribution in [-0.4, -0.2) is 53.1 Å². The number of hydrogen-bond acceptors (Lipinski definition) is 5. The number of likely N-dealkylation sites (tertiary alicyclic amines) is 1. The molecule has 0 bridgehead atoms. The van der Waals surface area contributed by atoms with Crippen molar-refractivity contribution in [2.45, 2.75) is 30.7 Å². The molecule has 0 N–H and O–H groups in total.